The van der Waals surface area contributed by atoms with Crippen molar-refractivity contribution in [1.29, 1.82) is 5.26 Å². The number of halogens is 2. The lowest BCUT2D eigenvalue weighted by molar-refractivity contribution is -0.117. The maximum atomic E-state index is 13.2. The number of nitrogens with two attached hydrogens (primary N) is 1. The van der Waals surface area contributed by atoms with E-state index in [2.05, 4.69) is 0 Å². The van der Waals surface area contributed by atoms with Crippen molar-refractivity contribution in [3.8, 4) is 6.07 Å². The highest BCUT2D eigenvalue weighted by atomic mass is 35.5. The van der Waals surface area contributed by atoms with Crippen LogP contribution in [0.25, 0.3) is 0 Å². The summed E-state index contributed by atoms with van der Waals surface area (Å²) in [5, 5.41) is 9.96. The predicted octanol–water partition coefficient (Wildman–Crippen LogP) is 4.21. The third kappa shape index (κ3) is 4.02. The van der Waals surface area contributed by atoms with E-state index < -0.39 is 11.2 Å². The van der Waals surface area contributed by atoms with E-state index in [1.807, 2.05) is 31.2 Å². The molecule has 1 fully saturated rings. The Balaban J connectivity index is 2.04. The molecule has 2 aromatic carbocycles. The molecule has 0 radical (unpaired) electrons. The number of carbonyl (C=O) groups is 2. The molecule has 1 aliphatic rings. The Morgan fingerprint density at radius 3 is 2.61 bits per heavy atom. The Hall–Kier alpha value is -2.46. The zero-order chi connectivity index (χ0) is 20.4. The maximum Gasteiger partial charge on any atom is 0.262 e. The van der Waals surface area contributed by atoms with Gasteiger partial charge in [-0.3, -0.25) is 14.5 Å². The lowest BCUT2D eigenvalue weighted by Crippen LogP contribution is -2.31. The first-order chi connectivity index (χ1) is 13.3. The minimum absolute atomic E-state index is 0.231. The van der Waals surface area contributed by atoms with E-state index >= 15 is 0 Å². The molecule has 1 aliphatic heterocycles. The van der Waals surface area contributed by atoms with Crippen LogP contribution in [0.4, 0.5) is 5.69 Å². The number of hydrogen-bond acceptors (Lipinski definition) is 4. The number of nitrogens with zero attached hydrogens (tertiary/aromatic N) is 2. The first-order valence-electron chi connectivity index (χ1n) is 8.27. The molecule has 0 aromatic heterocycles. The topological polar surface area (TPSA) is 87.2 Å². The third-order valence-corrected chi connectivity index (χ3v) is 6.19. The molecule has 8 heteroatoms. The largest absolute Gasteiger partial charge is 0.365 e. The minimum atomic E-state index is -0.870. The van der Waals surface area contributed by atoms with Crippen molar-refractivity contribution in [2.45, 2.75) is 18.6 Å². The molecular weight excluding hydrogens is 417 g/mol. The number of rotatable bonds is 4. The van der Waals surface area contributed by atoms with Gasteiger partial charge in [0.05, 0.1) is 15.3 Å². The molecule has 2 aromatic rings. The molecule has 28 heavy (non-hydrogen) atoms. The van der Waals surface area contributed by atoms with Crippen LogP contribution >= 0.6 is 35.0 Å². The van der Waals surface area contributed by atoms with Gasteiger partial charge < -0.3 is 5.73 Å². The van der Waals surface area contributed by atoms with Gasteiger partial charge in [0.1, 0.15) is 16.7 Å². The summed E-state index contributed by atoms with van der Waals surface area (Å²) in [6, 6.07) is 14.3. The maximum absolute atomic E-state index is 13.2. The van der Waals surface area contributed by atoms with Gasteiger partial charge in [0.15, 0.2) is 0 Å². The van der Waals surface area contributed by atoms with Gasteiger partial charge >= 0.3 is 0 Å². The van der Waals surface area contributed by atoms with Crippen LogP contribution in [0.15, 0.2) is 53.1 Å². The van der Waals surface area contributed by atoms with E-state index in [9.17, 15) is 14.9 Å². The molecule has 5 nitrogen and oxygen atoms in total. The van der Waals surface area contributed by atoms with E-state index in [4.69, 9.17) is 28.9 Å². The summed E-state index contributed by atoms with van der Waals surface area (Å²) in [4.78, 5) is 26.3. The van der Waals surface area contributed by atoms with Crippen LogP contribution in [0.5, 0.6) is 0 Å². The van der Waals surface area contributed by atoms with Crippen LogP contribution in [0.1, 0.15) is 11.1 Å². The molecule has 0 aliphatic carbocycles. The van der Waals surface area contributed by atoms with E-state index in [1.54, 1.807) is 24.3 Å². The molecule has 1 atom stereocenters. The second-order valence-corrected chi connectivity index (χ2v) is 8.23. The number of carbonyl (C=O) groups excluding carboxylic acids is 2. The summed E-state index contributed by atoms with van der Waals surface area (Å²) in [7, 11) is 0. The van der Waals surface area contributed by atoms with Gasteiger partial charge in [-0.2, -0.15) is 5.26 Å². The Kier molecular flexibility index (Phi) is 5.99. The van der Waals surface area contributed by atoms with E-state index in [0.717, 1.165) is 22.9 Å². The van der Waals surface area contributed by atoms with Crippen molar-refractivity contribution in [2.24, 2.45) is 5.73 Å². The van der Waals surface area contributed by atoms with Crippen molar-refractivity contribution in [3.05, 3.63) is 74.2 Å². The van der Waals surface area contributed by atoms with Gasteiger partial charge in [-0.25, -0.2) is 0 Å². The lowest BCUT2D eigenvalue weighted by Gasteiger charge is -2.18. The minimum Gasteiger partial charge on any atom is -0.365 e. The number of thioether (sulfide) groups is 1. The van der Waals surface area contributed by atoms with Crippen molar-refractivity contribution >= 4 is 52.5 Å². The van der Waals surface area contributed by atoms with Crippen LogP contribution in [-0.2, 0) is 16.0 Å². The number of aryl methyl sites for hydroxylation is 1. The zero-order valence-corrected chi connectivity index (χ0v) is 17.1. The molecule has 0 bridgehead atoms. The molecule has 2 N–H and O–H groups in total. The molecule has 142 valence electrons. The number of anilines is 1. The van der Waals surface area contributed by atoms with Gasteiger partial charge in [0.2, 0.25) is 5.91 Å². The van der Waals surface area contributed by atoms with Crippen molar-refractivity contribution in [2.75, 3.05) is 4.90 Å². The fraction of sp³-hybridized carbons (Fsp3) is 0.150. The monoisotopic (exact) mass is 431 g/mol. The zero-order valence-electron chi connectivity index (χ0n) is 14.8. The molecule has 2 amide bonds. The highest BCUT2D eigenvalue weighted by molar-refractivity contribution is 8.05. The van der Waals surface area contributed by atoms with Crippen LogP contribution in [0.2, 0.25) is 10.0 Å². The smallest absolute Gasteiger partial charge is 0.262 e. The van der Waals surface area contributed by atoms with E-state index in [0.29, 0.717) is 22.2 Å². The number of benzene rings is 2. The van der Waals surface area contributed by atoms with Gasteiger partial charge in [0, 0.05) is 5.69 Å². The molecule has 0 saturated carbocycles. The van der Waals surface area contributed by atoms with Crippen molar-refractivity contribution < 1.29 is 9.59 Å². The Morgan fingerprint density at radius 2 is 2.00 bits per heavy atom. The quantitative estimate of drug-likeness (QED) is 0.579. The molecule has 1 saturated heterocycles. The van der Waals surface area contributed by atoms with Gasteiger partial charge in [0.25, 0.3) is 5.91 Å². The predicted molar refractivity (Wildman–Crippen MR) is 112 cm³/mol. The highest BCUT2D eigenvalue weighted by Crippen LogP contribution is 2.42. The Bertz CT molecular complexity index is 1050. The Labute approximate surface area is 176 Å². The number of nitriles is 1. The summed E-state index contributed by atoms with van der Waals surface area (Å²) in [6.45, 7) is 1.90. The molecule has 0 unspecified atom stereocenters. The molecule has 1 heterocycles. The molecule has 3 rings (SSSR count). The average Bonchev–Trinajstić information content (AvgIpc) is 2.94. The Morgan fingerprint density at radius 1 is 1.25 bits per heavy atom. The molecule has 0 spiro atoms. The standard InChI is InChI=1S/C20H15Cl2N3O2S/c1-11-3-2-4-13(7-11)25-19(27)17(28-20(25)14(10-23)18(24)26)9-12-5-6-15(21)16(22)8-12/h2-8,17H,9H2,1H3,(H2,24,26)/b20-14-/t17-/m1/s1. The number of primary amides is 1. The highest BCUT2D eigenvalue weighted by Gasteiger charge is 2.40. The van der Waals surface area contributed by atoms with Gasteiger partial charge in [-0.15, -0.1) is 0 Å². The second-order valence-electron chi connectivity index (χ2n) is 6.23. The van der Waals surface area contributed by atoms with Crippen LogP contribution < -0.4 is 10.6 Å². The second kappa shape index (κ2) is 8.27. The van der Waals surface area contributed by atoms with Crippen molar-refractivity contribution in [3.63, 3.8) is 0 Å². The van der Waals surface area contributed by atoms with Crippen LogP contribution in [0, 0.1) is 18.3 Å². The number of amides is 2. The van der Waals surface area contributed by atoms with E-state index in [-0.39, 0.29) is 16.5 Å². The normalized spacial score (nSPS) is 18.1. The van der Waals surface area contributed by atoms with Crippen LogP contribution in [-0.4, -0.2) is 17.1 Å². The summed E-state index contributed by atoms with van der Waals surface area (Å²) < 4.78 is 0. The SMILES string of the molecule is Cc1cccc(N2C(=O)[C@@H](Cc3ccc(Cl)c(Cl)c3)S/C2=C(/C#N)C(N)=O)c1. The summed E-state index contributed by atoms with van der Waals surface area (Å²) >= 11 is 13.2. The molecular formula is C20H15Cl2N3O2S. The first-order valence-corrected chi connectivity index (χ1v) is 9.90. The third-order valence-electron chi connectivity index (χ3n) is 4.19. The summed E-state index contributed by atoms with van der Waals surface area (Å²) in [6.07, 6.45) is 0.365. The fourth-order valence-electron chi connectivity index (χ4n) is 2.88. The average molecular weight is 432 g/mol. The van der Waals surface area contributed by atoms with Gasteiger partial charge in [-0.05, 0) is 48.7 Å². The number of hydrogen-bond donors (Lipinski definition) is 1. The van der Waals surface area contributed by atoms with Crippen LogP contribution in [0.3, 0.4) is 0 Å². The first kappa shape index (κ1) is 20.3. The fourth-order valence-corrected chi connectivity index (χ4v) is 4.52. The summed E-state index contributed by atoms with van der Waals surface area (Å²) in [5.74, 6) is -1.10. The van der Waals surface area contributed by atoms with Crippen molar-refractivity contribution in [1.82, 2.24) is 0 Å². The lowest BCUT2D eigenvalue weighted by atomic mass is 10.1. The van der Waals surface area contributed by atoms with E-state index in [1.165, 1.54) is 4.90 Å². The van der Waals surface area contributed by atoms with Gasteiger partial charge in [-0.1, -0.05) is 53.2 Å². The summed E-state index contributed by atoms with van der Waals surface area (Å²) in [5.41, 5.74) is 7.48.